The van der Waals surface area contributed by atoms with E-state index in [0.717, 1.165) is 18.5 Å². The molecule has 0 N–H and O–H groups in total. The van der Waals surface area contributed by atoms with Crippen molar-refractivity contribution in [1.29, 1.82) is 0 Å². The lowest BCUT2D eigenvalue weighted by atomic mass is 10.0. The quantitative estimate of drug-likeness (QED) is 0.639. The van der Waals surface area contributed by atoms with Crippen LogP contribution in [0.25, 0.3) is 5.57 Å². The summed E-state index contributed by atoms with van der Waals surface area (Å²) >= 11 is 0. The summed E-state index contributed by atoms with van der Waals surface area (Å²) in [6.45, 7) is 0. The molecule has 0 saturated heterocycles. The van der Waals surface area contributed by atoms with E-state index in [1.807, 2.05) is 12.2 Å². The first-order valence-electron chi connectivity index (χ1n) is 4.34. The second kappa shape index (κ2) is 3.52. The van der Waals surface area contributed by atoms with E-state index in [9.17, 15) is 4.39 Å². The second-order valence-corrected chi connectivity index (χ2v) is 3.02. The van der Waals surface area contributed by atoms with Gasteiger partial charge in [-0.3, -0.25) is 4.98 Å². The maximum absolute atomic E-state index is 12.6. The molecule has 0 fully saturated rings. The van der Waals surface area contributed by atoms with Crippen molar-refractivity contribution in [3.8, 4) is 0 Å². The molecule has 1 aromatic heterocycles. The van der Waals surface area contributed by atoms with Crippen molar-refractivity contribution in [1.82, 2.24) is 4.98 Å². The minimum atomic E-state index is -0.282. The minimum absolute atomic E-state index is 0.282. The molecule has 0 spiro atoms. The Kier molecular flexibility index (Phi) is 2.21. The van der Waals surface area contributed by atoms with Gasteiger partial charge in [0.15, 0.2) is 0 Å². The number of hydrogen-bond donors (Lipinski definition) is 0. The maximum Gasteiger partial charge on any atom is 0.141 e. The summed E-state index contributed by atoms with van der Waals surface area (Å²) < 4.78 is 12.6. The summed E-state index contributed by atoms with van der Waals surface area (Å²) in [7, 11) is 0. The van der Waals surface area contributed by atoms with Crippen molar-refractivity contribution < 1.29 is 4.39 Å². The molecule has 13 heavy (non-hydrogen) atoms. The van der Waals surface area contributed by atoms with Gasteiger partial charge in [0.05, 0.1) is 11.9 Å². The van der Waals surface area contributed by atoms with Crippen LogP contribution in [-0.2, 0) is 0 Å². The summed E-state index contributed by atoms with van der Waals surface area (Å²) in [5, 5.41) is 0. The average molecular weight is 175 g/mol. The molecule has 0 unspecified atom stereocenters. The van der Waals surface area contributed by atoms with Crippen LogP contribution >= 0.6 is 0 Å². The van der Waals surface area contributed by atoms with Gasteiger partial charge in [-0.05, 0) is 30.5 Å². The Labute approximate surface area is 76.6 Å². The first-order chi connectivity index (χ1) is 6.36. The van der Waals surface area contributed by atoms with E-state index in [0.29, 0.717) is 0 Å². The van der Waals surface area contributed by atoms with Gasteiger partial charge >= 0.3 is 0 Å². The monoisotopic (exact) mass is 175 g/mol. The van der Waals surface area contributed by atoms with Gasteiger partial charge in [-0.2, -0.15) is 0 Å². The van der Waals surface area contributed by atoms with Crippen LogP contribution in [0.1, 0.15) is 18.5 Å². The Morgan fingerprint density at radius 1 is 1.31 bits per heavy atom. The van der Waals surface area contributed by atoms with Crippen molar-refractivity contribution in [2.24, 2.45) is 0 Å². The van der Waals surface area contributed by atoms with Crippen LogP contribution in [0.4, 0.5) is 4.39 Å². The van der Waals surface area contributed by atoms with E-state index in [-0.39, 0.29) is 5.82 Å². The fourth-order valence-electron chi connectivity index (χ4n) is 1.38. The predicted octanol–water partition coefficient (Wildman–Crippen LogP) is 2.95. The summed E-state index contributed by atoms with van der Waals surface area (Å²) in [6.07, 6.45) is 9.47. The van der Waals surface area contributed by atoms with Gasteiger partial charge in [-0.15, -0.1) is 0 Å². The SMILES string of the molecule is Fc1ccc(C2=CC=CCC2)nc1. The molecule has 66 valence electrons. The first kappa shape index (κ1) is 8.17. The van der Waals surface area contributed by atoms with Crippen LogP contribution in [-0.4, -0.2) is 4.98 Å². The molecule has 0 aliphatic heterocycles. The van der Waals surface area contributed by atoms with E-state index in [1.165, 1.54) is 17.8 Å². The lowest BCUT2D eigenvalue weighted by Crippen LogP contribution is -1.91. The number of allylic oxidation sites excluding steroid dienone is 4. The summed E-state index contributed by atoms with van der Waals surface area (Å²) in [6, 6.07) is 3.17. The summed E-state index contributed by atoms with van der Waals surface area (Å²) in [5.41, 5.74) is 2.06. The molecule has 1 aliphatic rings. The fraction of sp³-hybridized carbons (Fsp3) is 0.182. The highest BCUT2D eigenvalue weighted by molar-refractivity contribution is 5.65. The Morgan fingerprint density at radius 3 is 2.85 bits per heavy atom. The molecule has 1 aromatic rings. The molecule has 2 heteroatoms. The van der Waals surface area contributed by atoms with Crippen molar-refractivity contribution in [2.75, 3.05) is 0 Å². The van der Waals surface area contributed by atoms with Crippen LogP contribution < -0.4 is 0 Å². The van der Waals surface area contributed by atoms with Crippen molar-refractivity contribution in [3.63, 3.8) is 0 Å². The smallest absolute Gasteiger partial charge is 0.141 e. The molecule has 0 bridgehead atoms. The normalized spacial score (nSPS) is 15.6. The molecule has 0 amide bonds. The molecule has 0 atom stereocenters. The molecule has 2 rings (SSSR count). The standard InChI is InChI=1S/C11H10FN/c12-10-6-7-11(13-8-10)9-4-2-1-3-5-9/h1-2,4,6-8H,3,5H2. The van der Waals surface area contributed by atoms with Crippen molar-refractivity contribution in [3.05, 3.63) is 48.1 Å². The zero-order valence-electron chi connectivity index (χ0n) is 7.20. The largest absolute Gasteiger partial charge is 0.254 e. The lowest BCUT2D eigenvalue weighted by molar-refractivity contribution is 0.621. The highest BCUT2D eigenvalue weighted by Crippen LogP contribution is 2.21. The summed E-state index contributed by atoms with van der Waals surface area (Å²) in [5.74, 6) is -0.282. The van der Waals surface area contributed by atoms with E-state index < -0.39 is 0 Å². The Morgan fingerprint density at radius 2 is 2.23 bits per heavy atom. The van der Waals surface area contributed by atoms with Crippen molar-refractivity contribution >= 4 is 5.57 Å². The zero-order chi connectivity index (χ0) is 9.10. The minimum Gasteiger partial charge on any atom is -0.254 e. The Balaban J connectivity index is 2.30. The van der Waals surface area contributed by atoms with Gasteiger partial charge in [0.1, 0.15) is 5.82 Å². The zero-order valence-corrected chi connectivity index (χ0v) is 7.20. The third kappa shape index (κ3) is 1.83. The number of hydrogen-bond acceptors (Lipinski definition) is 1. The predicted molar refractivity (Wildman–Crippen MR) is 50.5 cm³/mol. The van der Waals surface area contributed by atoms with Crippen LogP contribution in [0, 0.1) is 5.82 Å². The average Bonchev–Trinajstić information content (AvgIpc) is 2.20. The van der Waals surface area contributed by atoms with Crippen LogP contribution in [0.15, 0.2) is 36.6 Å². The number of pyridine rings is 1. The van der Waals surface area contributed by atoms with Crippen LogP contribution in [0.3, 0.4) is 0 Å². The van der Waals surface area contributed by atoms with E-state index in [1.54, 1.807) is 6.07 Å². The van der Waals surface area contributed by atoms with Crippen LogP contribution in [0.2, 0.25) is 0 Å². The lowest BCUT2D eigenvalue weighted by Gasteiger charge is -2.07. The third-order valence-electron chi connectivity index (χ3n) is 2.07. The molecule has 0 radical (unpaired) electrons. The highest BCUT2D eigenvalue weighted by Gasteiger charge is 2.03. The molecule has 1 aliphatic carbocycles. The van der Waals surface area contributed by atoms with Gasteiger partial charge in [0.2, 0.25) is 0 Å². The number of halogens is 1. The highest BCUT2D eigenvalue weighted by atomic mass is 19.1. The fourth-order valence-corrected chi connectivity index (χ4v) is 1.38. The Bertz CT molecular complexity index is 349. The molecular weight excluding hydrogens is 165 g/mol. The molecule has 1 nitrogen and oxygen atoms in total. The van der Waals surface area contributed by atoms with Gasteiger partial charge in [-0.1, -0.05) is 18.2 Å². The van der Waals surface area contributed by atoms with Gasteiger partial charge in [0.25, 0.3) is 0 Å². The van der Waals surface area contributed by atoms with Gasteiger partial charge < -0.3 is 0 Å². The number of aromatic nitrogens is 1. The molecule has 0 aromatic carbocycles. The first-order valence-corrected chi connectivity index (χ1v) is 4.34. The Hall–Kier alpha value is -1.44. The van der Waals surface area contributed by atoms with Gasteiger partial charge in [0, 0.05) is 0 Å². The second-order valence-electron chi connectivity index (χ2n) is 3.02. The molecule has 0 saturated carbocycles. The maximum atomic E-state index is 12.6. The van der Waals surface area contributed by atoms with E-state index >= 15 is 0 Å². The number of rotatable bonds is 1. The summed E-state index contributed by atoms with van der Waals surface area (Å²) in [4.78, 5) is 4.02. The van der Waals surface area contributed by atoms with Gasteiger partial charge in [-0.25, -0.2) is 4.39 Å². The third-order valence-corrected chi connectivity index (χ3v) is 2.07. The number of nitrogens with zero attached hydrogens (tertiary/aromatic N) is 1. The topological polar surface area (TPSA) is 12.9 Å². The van der Waals surface area contributed by atoms with E-state index in [4.69, 9.17) is 0 Å². The van der Waals surface area contributed by atoms with Crippen LogP contribution in [0.5, 0.6) is 0 Å². The molecule has 1 heterocycles. The van der Waals surface area contributed by atoms with Crippen molar-refractivity contribution in [2.45, 2.75) is 12.8 Å². The molecular formula is C11H10FN. The van der Waals surface area contributed by atoms with E-state index in [2.05, 4.69) is 11.1 Å².